The lowest BCUT2D eigenvalue weighted by Crippen LogP contribution is -2.44. The van der Waals surface area contributed by atoms with Crippen molar-refractivity contribution in [1.29, 1.82) is 0 Å². The molecule has 0 unspecified atom stereocenters. The molecule has 3 aromatic rings. The van der Waals surface area contributed by atoms with Gasteiger partial charge in [-0.3, -0.25) is 14.4 Å². The Morgan fingerprint density at radius 3 is 2.53 bits per heavy atom. The molecule has 30 heavy (non-hydrogen) atoms. The number of hydrogen-bond donors (Lipinski definition) is 0. The molecule has 1 amide bonds. The molecule has 0 N–H and O–H groups in total. The van der Waals surface area contributed by atoms with Crippen LogP contribution in [0.25, 0.3) is 10.6 Å². The second-order valence-electron chi connectivity index (χ2n) is 8.86. The highest BCUT2D eigenvalue weighted by molar-refractivity contribution is 7.13. The van der Waals surface area contributed by atoms with Gasteiger partial charge in [-0.2, -0.15) is 5.10 Å². The van der Waals surface area contributed by atoms with Crippen LogP contribution in [0.2, 0.25) is 0 Å². The smallest absolute Gasteiger partial charge is 0.257 e. The number of nitrogens with zero attached hydrogens (tertiary/aromatic N) is 4. The van der Waals surface area contributed by atoms with Gasteiger partial charge in [0.1, 0.15) is 5.69 Å². The molecule has 1 aliphatic heterocycles. The van der Waals surface area contributed by atoms with Crippen LogP contribution in [0.1, 0.15) is 43.1 Å². The van der Waals surface area contributed by atoms with Crippen LogP contribution in [0.15, 0.2) is 54.0 Å². The summed E-state index contributed by atoms with van der Waals surface area (Å²) in [6, 6.07) is 14.3. The molecule has 4 rings (SSSR count). The fourth-order valence-corrected chi connectivity index (χ4v) is 4.71. The van der Waals surface area contributed by atoms with E-state index in [1.165, 1.54) is 5.56 Å². The molecule has 0 radical (unpaired) electrons. The second-order valence-corrected chi connectivity index (χ2v) is 9.80. The summed E-state index contributed by atoms with van der Waals surface area (Å²) in [6.07, 6.45) is 2.92. The molecule has 5 nitrogen and oxygen atoms in total. The monoisotopic (exact) mass is 422 g/mol. The van der Waals surface area contributed by atoms with Gasteiger partial charge in [0.2, 0.25) is 0 Å². The van der Waals surface area contributed by atoms with E-state index in [9.17, 15) is 4.79 Å². The molecule has 0 atom stereocenters. The van der Waals surface area contributed by atoms with Gasteiger partial charge in [-0.25, -0.2) is 0 Å². The van der Waals surface area contributed by atoms with Crippen LogP contribution in [0.5, 0.6) is 0 Å². The van der Waals surface area contributed by atoms with Gasteiger partial charge in [0.05, 0.1) is 17.0 Å². The number of aromatic nitrogens is 2. The predicted octanol–water partition coefficient (Wildman–Crippen LogP) is 4.61. The van der Waals surface area contributed by atoms with Gasteiger partial charge < -0.3 is 4.90 Å². The largest absolute Gasteiger partial charge is 0.337 e. The van der Waals surface area contributed by atoms with Crippen molar-refractivity contribution in [1.82, 2.24) is 19.6 Å². The first-order valence-corrected chi connectivity index (χ1v) is 11.5. The molecule has 1 fully saturated rings. The Kier molecular flexibility index (Phi) is 6.06. The molecule has 0 spiro atoms. The van der Waals surface area contributed by atoms with Crippen molar-refractivity contribution >= 4 is 17.2 Å². The number of rotatable bonds is 4. The highest BCUT2D eigenvalue weighted by atomic mass is 32.1. The molecule has 1 aromatic carbocycles. The predicted molar refractivity (Wildman–Crippen MR) is 123 cm³/mol. The van der Waals surface area contributed by atoms with Gasteiger partial charge in [-0.1, -0.05) is 36.4 Å². The van der Waals surface area contributed by atoms with Crippen molar-refractivity contribution in [2.45, 2.75) is 39.3 Å². The lowest BCUT2D eigenvalue weighted by atomic mass is 10.1. The Morgan fingerprint density at radius 1 is 1.03 bits per heavy atom. The fraction of sp³-hybridized carbons (Fsp3) is 0.417. The van der Waals surface area contributed by atoms with E-state index in [0.29, 0.717) is 12.1 Å². The van der Waals surface area contributed by atoms with Crippen LogP contribution in [0, 0.1) is 0 Å². The Balaban J connectivity index is 1.59. The molecule has 0 aliphatic carbocycles. The first-order valence-electron chi connectivity index (χ1n) is 10.6. The summed E-state index contributed by atoms with van der Waals surface area (Å²) in [4.78, 5) is 19.1. The van der Waals surface area contributed by atoms with Crippen LogP contribution in [0.4, 0.5) is 0 Å². The number of hydrogen-bond acceptors (Lipinski definition) is 4. The Labute approximate surface area is 182 Å². The zero-order valence-electron chi connectivity index (χ0n) is 18.0. The number of benzene rings is 1. The summed E-state index contributed by atoms with van der Waals surface area (Å²) in [5, 5.41) is 6.85. The van der Waals surface area contributed by atoms with Crippen LogP contribution in [-0.4, -0.2) is 57.2 Å². The SMILES string of the molecule is CC(C)(C)N1CCCN(C(=O)c2cn(Cc3ccccc3)nc2-c2cccs2)CC1. The second kappa shape index (κ2) is 8.74. The summed E-state index contributed by atoms with van der Waals surface area (Å²) in [7, 11) is 0. The minimum atomic E-state index is 0.0912. The number of thiophene rings is 1. The van der Waals surface area contributed by atoms with Crippen molar-refractivity contribution in [3.8, 4) is 10.6 Å². The molecular formula is C24H30N4OS. The van der Waals surface area contributed by atoms with E-state index in [0.717, 1.165) is 43.2 Å². The van der Waals surface area contributed by atoms with E-state index in [-0.39, 0.29) is 11.4 Å². The minimum Gasteiger partial charge on any atom is -0.337 e. The van der Waals surface area contributed by atoms with Crippen LogP contribution >= 0.6 is 11.3 Å². The third-order valence-electron chi connectivity index (χ3n) is 5.67. The highest BCUT2D eigenvalue weighted by Gasteiger charge is 2.28. The molecule has 1 saturated heterocycles. The van der Waals surface area contributed by atoms with Crippen molar-refractivity contribution in [2.75, 3.05) is 26.2 Å². The molecule has 3 heterocycles. The van der Waals surface area contributed by atoms with E-state index >= 15 is 0 Å². The van der Waals surface area contributed by atoms with Gasteiger partial charge >= 0.3 is 0 Å². The average Bonchev–Trinajstić information content (AvgIpc) is 3.31. The molecule has 0 saturated carbocycles. The summed E-state index contributed by atoms with van der Waals surface area (Å²) < 4.78 is 1.90. The van der Waals surface area contributed by atoms with Crippen LogP contribution in [-0.2, 0) is 6.54 Å². The van der Waals surface area contributed by atoms with E-state index in [2.05, 4.69) is 37.8 Å². The molecule has 2 aromatic heterocycles. The zero-order chi connectivity index (χ0) is 21.1. The van der Waals surface area contributed by atoms with E-state index < -0.39 is 0 Å². The number of carbonyl (C=O) groups excluding carboxylic acids is 1. The Morgan fingerprint density at radius 2 is 1.83 bits per heavy atom. The van der Waals surface area contributed by atoms with Crippen molar-refractivity contribution in [2.24, 2.45) is 0 Å². The van der Waals surface area contributed by atoms with Crippen molar-refractivity contribution < 1.29 is 4.79 Å². The fourth-order valence-electron chi connectivity index (χ4n) is 3.99. The number of amides is 1. The quantitative estimate of drug-likeness (QED) is 0.617. The molecular weight excluding hydrogens is 392 g/mol. The maximum atomic E-state index is 13.5. The molecule has 0 bridgehead atoms. The Bertz CT molecular complexity index is 973. The maximum Gasteiger partial charge on any atom is 0.257 e. The molecule has 158 valence electrons. The van der Waals surface area contributed by atoms with Gasteiger partial charge in [0.25, 0.3) is 5.91 Å². The minimum absolute atomic E-state index is 0.0912. The Hall–Kier alpha value is -2.44. The van der Waals surface area contributed by atoms with E-state index in [1.807, 2.05) is 51.5 Å². The van der Waals surface area contributed by atoms with Crippen molar-refractivity contribution in [3.63, 3.8) is 0 Å². The first-order chi connectivity index (χ1) is 14.4. The maximum absolute atomic E-state index is 13.5. The highest BCUT2D eigenvalue weighted by Crippen LogP contribution is 2.28. The van der Waals surface area contributed by atoms with E-state index in [4.69, 9.17) is 5.10 Å². The normalized spacial score (nSPS) is 15.9. The topological polar surface area (TPSA) is 41.4 Å². The summed E-state index contributed by atoms with van der Waals surface area (Å²) in [5.41, 5.74) is 2.80. The summed E-state index contributed by atoms with van der Waals surface area (Å²) in [6.45, 7) is 10.9. The van der Waals surface area contributed by atoms with E-state index in [1.54, 1.807) is 11.3 Å². The molecule has 1 aliphatic rings. The first kappa shape index (κ1) is 20.8. The van der Waals surface area contributed by atoms with Crippen LogP contribution in [0.3, 0.4) is 0 Å². The lowest BCUT2D eigenvalue weighted by Gasteiger charge is -2.34. The third kappa shape index (κ3) is 4.65. The summed E-state index contributed by atoms with van der Waals surface area (Å²) in [5.74, 6) is 0.0912. The lowest BCUT2D eigenvalue weighted by molar-refractivity contribution is 0.0750. The van der Waals surface area contributed by atoms with Gasteiger partial charge in [-0.05, 0) is 44.2 Å². The van der Waals surface area contributed by atoms with Gasteiger partial charge in [0, 0.05) is 37.9 Å². The van der Waals surface area contributed by atoms with Crippen molar-refractivity contribution in [3.05, 3.63) is 65.2 Å². The van der Waals surface area contributed by atoms with Gasteiger partial charge in [-0.15, -0.1) is 11.3 Å². The van der Waals surface area contributed by atoms with Gasteiger partial charge in [0.15, 0.2) is 0 Å². The molecule has 6 heteroatoms. The third-order valence-corrected chi connectivity index (χ3v) is 6.54. The number of carbonyl (C=O) groups is 1. The standard InChI is InChI=1S/C24H30N4OS/c1-24(2,3)27-13-8-12-26(14-15-27)23(29)20-18-28(17-19-9-5-4-6-10-19)25-22(20)21-11-7-16-30-21/h4-7,9-11,16,18H,8,12-15,17H2,1-3H3. The van der Waals surface area contributed by atoms with Crippen LogP contribution < -0.4 is 0 Å². The summed E-state index contributed by atoms with van der Waals surface area (Å²) >= 11 is 1.63. The average molecular weight is 423 g/mol. The zero-order valence-corrected chi connectivity index (χ0v) is 18.9.